The Labute approximate surface area is 97.8 Å². The largest absolute Gasteiger partial charge is 0.388 e. The SMILES string of the molecule is NC(=S)c1cccc(Nc2cncnc2)n1. The summed E-state index contributed by atoms with van der Waals surface area (Å²) in [5, 5.41) is 3.05. The minimum Gasteiger partial charge on any atom is -0.388 e. The average molecular weight is 231 g/mol. The molecule has 5 nitrogen and oxygen atoms in total. The summed E-state index contributed by atoms with van der Waals surface area (Å²) in [6, 6.07) is 5.40. The molecule has 0 aliphatic carbocycles. The molecular formula is C10H9N5S. The van der Waals surface area contributed by atoms with E-state index in [0.717, 1.165) is 5.69 Å². The quantitative estimate of drug-likeness (QED) is 0.774. The van der Waals surface area contributed by atoms with Gasteiger partial charge in [-0.25, -0.2) is 15.0 Å². The van der Waals surface area contributed by atoms with Crippen LogP contribution in [0, 0.1) is 0 Å². The molecule has 0 atom stereocenters. The Balaban J connectivity index is 2.22. The van der Waals surface area contributed by atoms with E-state index in [9.17, 15) is 0 Å². The number of thiocarbonyl (C=S) groups is 1. The number of nitrogens with one attached hydrogen (secondary N) is 1. The molecule has 80 valence electrons. The van der Waals surface area contributed by atoms with E-state index in [1.165, 1.54) is 6.33 Å². The predicted molar refractivity (Wildman–Crippen MR) is 65.4 cm³/mol. The highest BCUT2D eigenvalue weighted by molar-refractivity contribution is 7.80. The van der Waals surface area contributed by atoms with Crippen LogP contribution in [0.15, 0.2) is 36.9 Å². The van der Waals surface area contributed by atoms with Crippen molar-refractivity contribution in [1.82, 2.24) is 15.0 Å². The van der Waals surface area contributed by atoms with Gasteiger partial charge in [-0.3, -0.25) is 0 Å². The Morgan fingerprint density at radius 3 is 2.69 bits per heavy atom. The van der Waals surface area contributed by atoms with Crippen molar-refractivity contribution in [3.63, 3.8) is 0 Å². The second-order valence-electron chi connectivity index (χ2n) is 3.02. The van der Waals surface area contributed by atoms with Crippen LogP contribution in [0.3, 0.4) is 0 Å². The molecule has 0 radical (unpaired) electrons. The van der Waals surface area contributed by atoms with E-state index in [1.54, 1.807) is 18.5 Å². The average Bonchev–Trinajstić information content (AvgIpc) is 2.30. The molecule has 0 amide bonds. The third-order valence-electron chi connectivity index (χ3n) is 1.83. The third kappa shape index (κ3) is 2.48. The lowest BCUT2D eigenvalue weighted by Gasteiger charge is -2.05. The summed E-state index contributed by atoms with van der Waals surface area (Å²) < 4.78 is 0. The van der Waals surface area contributed by atoms with E-state index in [4.69, 9.17) is 18.0 Å². The van der Waals surface area contributed by atoms with Gasteiger partial charge in [0.1, 0.15) is 17.1 Å². The highest BCUT2D eigenvalue weighted by Gasteiger charge is 2.00. The Kier molecular flexibility index (Phi) is 3.02. The van der Waals surface area contributed by atoms with Crippen molar-refractivity contribution in [3.8, 4) is 0 Å². The van der Waals surface area contributed by atoms with E-state index in [1.807, 2.05) is 12.1 Å². The van der Waals surface area contributed by atoms with E-state index >= 15 is 0 Å². The lowest BCUT2D eigenvalue weighted by molar-refractivity contribution is 1.16. The number of pyridine rings is 1. The molecule has 0 unspecified atom stereocenters. The molecule has 16 heavy (non-hydrogen) atoms. The number of aromatic nitrogens is 3. The van der Waals surface area contributed by atoms with Crippen molar-refractivity contribution in [2.24, 2.45) is 5.73 Å². The van der Waals surface area contributed by atoms with Crippen molar-refractivity contribution in [2.75, 3.05) is 5.32 Å². The van der Waals surface area contributed by atoms with Crippen LogP contribution in [0.5, 0.6) is 0 Å². The second-order valence-corrected chi connectivity index (χ2v) is 3.46. The van der Waals surface area contributed by atoms with Gasteiger partial charge in [0, 0.05) is 0 Å². The van der Waals surface area contributed by atoms with Crippen molar-refractivity contribution in [1.29, 1.82) is 0 Å². The summed E-state index contributed by atoms with van der Waals surface area (Å²) in [7, 11) is 0. The van der Waals surface area contributed by atoms with Crippen LogP contribution >= 0.6 is 12.2 Å². The zero-order valence-electron chi connectivity index (χ0n) is 8.29. The van der Waals surface area contributed by atoms with Crippen LogP contribution in [-0.2, 0) is 0 Å². The number of hydrogen-bond donors (Lipinski definition) is 2. The van der Waals surface area contributed by atoms with Crippen LogP contribution in [-0.4, -0.2) is 19.9 Å². The lowest BCUT2D eigenvalue weighted by Crippen LogP contribution is -2.12. The molecule has 0 spiro atoms. The molecule has 2 aromatic rings. The fourth-order valence-corrected chi connectivity index (χ4v) is 1.27. The van der Waals surface area contributed by atoms with Crippen LogP contribution < -0.4 is 11.1 Å². The molecule has 0 bridgehead atoms. The minimum atomic E-state index is 0.271. The van der Waals surface area contributed by atoms with Gasteiger partial charge in [-0.2, -0.15) is 0 Å². The number of hydrogen-bond acceptors (Lipinski definition) is 5. The van der Waals surface area contributed by atoms with Crippen LogP contribution in [0.4, 0.5) is 11.5 Å². The topological polar surface area (TPSA) is 76.7 Å². The van der Waals surface area contributed by atoms with Gasteiger partial charge in [0.05, 0.1) is 23.8 Å². The van der Waals surface area contributed by atoms with E-state index in [-0.39, 0.29) is 4.99 Å². The summed E-state index contributed by atoms with van der Waals surface area (Å²) in [6.45, 7) is 0. The molecule has 0 fully saturated rings. The minimum absolute atomic E-state index is 0.271. The third-order valence-corrected chi connectivity index (χ3v) is 2.04. The second kappa shape index (κ2) is 4.63. The molecule has 0 aliphatic rings. The van der Waals surface area contributed by atoms with Gasteiger partial charge < -0.3 is 11.1 Å². The number of rotatable bonds is 3. The highest BCUT2D eigenvalue weighted by Crippen LogP contribution is 2.11. The summed E-state index contributed by atoms with van der Waals surface area (Å²) >= 11 is 4.85. The molecule has 2 rings (SSSR count). The Bertz CT molecular complexity index is 500. The van der Waals surface area contributed by atoms with Gasteiger partial charge in [-0.05, 0) is 12.1 Å². The van der Waals surface area contributed by atoms with Gasteiger partial charge in [0.2, 0.25) is 0 Å². The van der Waals surface area contributed by atoms with Gasteiger partial charge in [0.25, 0.3) is 0 Å². The van der Waals surface area contributed by atoms with Crippen LogP contribution in [0.1, 0.15) is 5.69 Å². The molecule has 3 N–H and O–H groups in total. The zero-order valence-corrected chi connectivity index (χ0v) is 9.11. The van der Waals surface area contributed by atoms with E-state index in [0.29, 0.717) is 11.5 Å². The first-order valence-electron chi connectivity index (χ1n) is 4.54. The monoisotopic (exact) mass is 231 g/mol. The molecule has 0 aliphatic heterocycles. The first-order valence-corrected chi connectivity index (χ1v) is 4.95. The maximum absolute atomic E-state index is 5.49. The van der Waals surface area contributed by atoms with Crippen molar-refractivity contribution in [3.05, 3.63) is 42.6 Å². The Morgan fingerprint density at radius 2 is 2.00 bits per heavy atom. The maximum Gasteiger partial charge on any atom is 0.131 e. The zero-order chi connectivity index (χ0) is 11.4. The Morgan fingerprint density at radius 1 is 1.25 bits per heavy atom. The standard InChI is InChI=1S/C10H9N5S/c11-10(16)8-2-1-3-9(15-8)14-7-4-12-6-13-5-7/h1-6H,(H2,11,16)(H,14,15). The molecule has 2 aromatic heterocycles. The molecule has 0 aromatic carbocycles. The van der Waals surface area contributed by atoms with Gasteiger partial charge in [-0.15, -0.1) is 0 Å². The number of nitrogens with zero attached hydrogens (tertiary/aromatic N) is 3. The molecule has 6 heteroatoms. The van der Waals surface area contributed by atoms with E-state index < -0.39 is 0 Å². The summed E-state index contributed by atoms with van der Waals surface area (Å²) in [5.74, 6) is 0.653. The summed E-state index contributed by atoms with van der Waals surface area (Å²) in [5.41, 5.74) is 6.83. The van der Waals surface area contributed by atoms with Crippen LogP contribution in [0.25, 0.3) is 0 Å². The molecule has 2 heterocycles. The molecule has 0 saturated heterocycles. The van der Waals surface area contributed by atoms with E-state index in [2.05, 4.69) is 20.3 Å². The summed E-state index contributed by atoms with van der Waals surface area (Å²) in [4.78, 5) is 12.3. The Hall–Kier alpha value is -2.08. The number of nitrogens with two attached hydrogens (primary N) is 1. The normalized spacial score (nSPS) is 9.75. The van der Waals surface area contributed by atoms with Crippen LogP contribution in [0.2, 0.25) is 0 Å². The fraction of sp³-hybridized carbons (Fsp3) is 0. The highest BCUT2D eigenvalue weighted by atomic mass is 32.1. The van der Waals surface area contributed by atoms with Crippen molar-refractivity contribution in [2.45, 2.75) is 0 Å². The first kappa shape index (κ1) is 10.4. The smallest absolute Gasteiger partial charge is 0.131 e. The van der Waals surface area contributed by atoms with Crippen molar-refractivity contribution >= 4 is 28.7 Å². The fourth-order valence-electron chi connectivity index (χ4n) is 1.15. The van der Waals surface area contributed by atoms with Gasteiger partial charge in [0.15, 0.2) is 0 Å². The lowest BCUT2D eigenvalue weighted by atomic mass is 10.3. The van der Waals surface area contributed by atoms with Gasteiger partial charge >= 0.3 is 0 Å². The summed E-state index contributed by atoms with van der Waals surface area (Å²) in [6.07, 6.45) is 4.77. The number of anilines is 2. The molecular weight excluding hydrogens is 222 g/mol. The first-order chi connectivity index (χ1) is 7.75. The van der Waals surface area contributed by atoms with Gasteiger partial charge in [-0.1, -0.05) is 18.3 Å². The molecule has 0 saturated carbocycles. The predicted octanol–water partition coefficient (Wildman–Crippen LogP) is 1.25. The van der Waals surface area contributed by atoms with Crippen molar-refractivity contribution < 1.29 is 0 Å². The maximum atomic E-state index is 5.49.